The Bertz CT molecular complexity index is 5000. The van der Waals surface area contributed by atoms with Gasteiger partial charge in [0, 0.05) is 94.0 Å². The molecule has 0 spiro atoms. The number of benzene rings is 5. The highest BCUT2D eigenvalue weighted by Crippen LogP contribution is 2.32. The van der Waals surface area contributed by atoms with Gasteiger partial charge in [0.2, 0.25) is 0 Å². The van der Waals surface area contributed by atoms with Crippen molar-refractivity contribution in [3.63, 3.8) is 0 Å². The number of aromatic nitrogens is 7. The minimum Gasteiger partial charge on any atom is -0.486 e. The second-order valence-electron chi connectivity index (χ2n) is 25.2. The maximum absolute atomic E-state index is 13.6. The van der Waals surface area contributed by atoms with Crippen LogP contribution in [0.1, 0.15) is 124 Å². The molecule has 29 heteroatoms. The minimum atomic E-state index is -0.652. The number of pyridine rings is 1. The Morgan fingerprint density at radius 1 is 0.657 bits per heavy atom. The summed E-state index contributed by atoms with van der Waals surface area (Å²) in [6.07, 6.45) is 13.5. The maximum atomic E-state index is 13.6. The number of hydrogen-bond donors (Lipinski definition) is 1. The first-order valence-electron chi connectivity index (χ1n) is 35.2. The molecule has 2 atom stereocenters. The van der Waals surface area contributed by atoms with E-state index >= 15 is 0 Å². The van der Waals surface area contributed by atoms with E-state index in [2.05, 4.69) is 64.9 Å². The van der Waals surface area contributed by atoms with Crippen LogP contribution < -0.4 is 37.4 Å². The smallest absolute Gasteiger partial charge is 0.373 e. The summed E-state index contributed by atoms with van der Waals surface area (Å²) in [5.74, 6) is 2.36. The second-order valence-corrected chi connectivity index (χ2v) is 25.2. The van der Waals surface area contributed by atoms with Gasteiger partial charge in [-0.15, -0.1) is 5.10 Å². The van der Waals surface area contributed by atoms with Crippen molar-refractivity contribution < 1.29 is 51.5 Å². The number of ketones is 2. The Morgan fingerprint density at radius 3 is 1.85 bits per heavy atom. The number of rotatable bonds is 23. The number of fused-ring (bicyclic) bond motifs is 3. The molecule has 5 aromatic carbocycles. The van der Waals surface area contributed by atoms with Gasteiger partial charge in [-0.3, -0.25) is 42.4 Å². The topological polar surface area (TPSA) is 347 Å². The summed E-state index contributed by atoms with van der Waals surface area (Å²) in [6.45, 7) is 10.2. The van der Waals surface area contributed by atoms with Gasteiger partial charge in [0.15, 0.2) is 29.0 Å². The lowest BCUT2D eigenvalue weighted by Gasteiger charge is -2.13. The third kappa shape index (κ3) is 23.2. The first kappa shape index (κ1) is 81.1. The molecule has 4 aliphatic heterocycles. The first-order valence-corrected chi connectivity index (χ1v) is 35.2. The maximum Gasteiger partial charge on any atom is 0.373 e. The van der Waals surface area contributed by atoms with E-state index in [0.29, 0.717) is 128 Å². The lowest BCUT2D eigenvalue weighted by Crippen LogP contribution is -2.41. The number of para-hydroxylation sites is 1. The van der Waals surface area contributed by atoms with E-state index in [4.69, 9.17) is 33.2 Å². The SMILES string of the molecule is C1CC2NN=C(C3=NN=NC3)C2C1.CCCCn1c2c(c(=O)n(C)c1=O)CC(C)=N2.CCCCn1c2c(c(=O)n(CCCCc3noc(-c4ccccn4)n3)c1=O)CC(C)=N2.O=C(COc1ccccc1)Cc1ccccc1.O=C(Cc1ccccc1)c1ccc(Oc2cc(F)ccc2F)cc1.O=C=O.O=C=O. The third-order valence-electron chi connectivity index (χ3n) is 17.3. The molecule has 9 aromatic rings. The molecule has 1 saturated carbocycles. The van der Waals surface area contributed by atoms with Crippen molar-refractivity contribution in [2.45, 2.75) is 143 Å². The largest absolute Gasteiger partial charge is 0.486 e. The van der Waals surface area contributed by atoms with Gasteiger partial charge in [0.1, 0.15) is 53.5 Å². The highest BCUT2D eigenvalue weighted by atomic mass is 19.1. The number of hydrogen-bond acceptors (Lipinski definition) is 23. The summed E-state index contributed by atoms with van der Waals surface area (Å²) in [5.41, 5.74) is 10.4. The molecule has 14 rings (SSSR count). The zero-order valence-corrected chi connectivity index (χ0v) is 60.5. The molecule has 8 heterocycles. The van der Waals surface area contributed by atoms with Crippen molar-refractivity contribution in [2.24, 2.45) is 43.5 Å². The number of nitrogens with zero attached hydrogens (tertiary/aromatic N) is 13. The van der Waals surface area contributed by atoms with Crippen molar-refractivity contribution in [2.75, 3.05) is 13.2 Å². The number of aryl methyl sites for hydroxylation is 1. The monoisotopic (exact) mass is 1470 g/mol. The zero-order valence-electron chi connectivity index (χ0n) is 60.5. The second kappa shape index (κ2) is 41.8. The zero-order chi connectivity index (χ0) is 77.3. The lowest BCUT2D eigenvalue weighted by molar-refractivity contribution is -0.193. The highest BCUT2D eigenvalue weighted by Gasteiger charge is 2.38. The molecule has 1 aliphatic carbocycles. The number of carbonyl (C=O) groups excluding carboxylic acids is 6. The number of Topliss-reactive ketones (excluding diaryl/α,β-unsaturated/α-hetero) is 2. The van der Waals surface area contributed by atoms with Gasteiger partial charge in [-0.2, -0.15) is 34.4 Å². The molecule has 0 bridgehead atoms. The Balaban J connectivity index is 0.000000172. The molecule has 4 aromatic heterocycles. The van der Waals surface area contributed by atoms with Gasteiger partial charge < -0.3 is 19.4 Å². The first-order chi connectivity index (χ1) is 52.4. The predicted octanol–water partition coefficient (Wildman–Crippen LogP) is 11.8. The molecule has 0 amide bonds. The molecule has 1 N–H and O–H groups in total. The summed E-state index contributed by atoms with van der Waals surface area (Å²) in [6, 6.07) is 43.9. The minimum absolute atomic E-state index is 0.0234. The molecule has 5 aliphatic rings. The van der Waals surface area contributed by atoms with E-state index in [1.54, 1.807) is 39.6 Å². The fourth-order valence-corrected chi connectivity index (χ4v) is 11.9. The number of hydrazone groups is 1. The van der Waals surface area contributed by atoms with Gasteiger partial charge in [-0.1, -0.05) is 123 Å². The molecule has 108 heavy (non-hydrogen) atoms. The van der Waals surface area contributed by atoms with E-state index in [9.17, 15) is 37.5 Å². The molecule has 0 saturated heterocycles. The standard InChI is InChI=1S/C22H26N6O3.C20H14F2O2.C15H14O2.C12H17N3O2.C8H11N5.2CO2/c1-3-4-12-27-19-16(14-15(2)24-19)21(29)28(22(27)30)13-8-6-10-18-25-20(31-26-18)17-9-5-7-11-23-17;21-16-8-11-18(22)20(13-16)24-17-9-6-15(7-10-17)19(23)12-14-4-2-1-3-5-14;16-14(11-13-7-3-1-4-8-13)12-17-15-9-5-2-6-10-15;1-4-5-6-15-10-9(7-8(2)13-10)11(16)14(3)12(15)17;1-2-5-6(3-1)10-12-8(5)7-4-9-13-11-7;2*2-1-3/h5,7,9,11H,3-4,6,8,10,12-14H2,1-2H3;1-11,13H,12H2;1-10H,11-12H2;4-7H2,1-3H3;5-6,10H,1-4H2;;. The fourth-order valence-electron chi connectivity index (χ4n) is 11.9. The molecule has 0 radical (unpaired) electrons. The van der Waals surface area contributed by atoms with E-state index in [0.717, 1.165) is 90.0 Å². The van der Waals surface area contributed by atoms with E-state index < -0.39 is 11.6 Å². The van der Waals surface area contributed by atoms with Crippen LogP contribution in [0.25, 0.3) is 11.6 Å². The number of nitrogens with one attached hydrogen (secondary N) is 1. The van der Waals surface area contributed by atoms with Crippen LogP contribution in [0.5, 0.6) is 17.2 Å². The predicted molar refractivity (Wildman–Crippen MR) is 397 cm³/mol. The van der Waals surface area contributed by atoms with Crippen LogP contribution in [0.2, 0.25) is 0 Å². The summed E-state index contributed by atoms with van der Waals surface area (Å²) >= 11 is 0. The van der Waals surface area contributed by atoms with Gasteiger partial charge in [0.25, 0.3) is 17.0 Å². The quantitative estimate of drug-likeness (QED) is 0.0459. The normalized spacial score (nSPS) is 14.1. The fraction of sp³-hybridized carbons (Fsp3) is 0.329. The number of unbranched alkanes of at least 4 members (excludes halogenated alkanes) is 3. The summed E-state index contributed by atoms with van der Waals surface area (Å²) < 4.78 is 48.5. The van der Waals surface area contributed by atoms with Crippen molar-refractivity contribution in [1.29, 1.82) is 0 Å². The van der Waals surface area contributed by atoms with Crippen molar-refractivity contribution in [1.82, 2.24) is 38.8 Å². The van der Waals surface area contributed by atoms with E-state index in [-0.39, 0.29) is 58.7 Å². The summed E-state index contributed by atoms with van der Waals surface area (Å²) in [7, 11) is 1.53. The Labute approximate surface area is 619 Å². The molecular formula is C79H82F2N14O13. The van der Waals surface area contributed by atoms with Crippen LogP contribution in [0, 0.1) is 17.6 Å². The number of ether oxygens (including phenoxy) is 2. The number of aliphatic imine (C=N–C) groups is 2. The van der Waals surface area contributed by atoms with Crippen LogP contribution in [0.15, 0.2) is 212 Å². The molecule has 560 valence electrons. The number of halogens is 2. The summed E-state index contributed by atoms with van der Waals surface area (Å²) in [4.78, 5) is 124. The third-order valence-corrected chi connectivity index (χ3v) is 17.3. The van der Waals surface area contributed by atoms with Crippen LogP contribution in [0.4, 0.5) is 20.4 Å². The Hall–Kier alpha value is -12.6. The highest BCUT2D eigenvalue weighted by molar-refractivity contribution is 6.44. The van der Waals surface area contributed by atoms with Crippen molar-refractivity contribution in [3.05, 3.63) is 245 Å². The van der Waals surface area contributed by atoms with Crippen molar-refractivity contribution >= 4 is 58.4 Å². The molecule has 1 fully saturated rings. The molecule has 27 nitrogen and oxygen atoms in total. The molecular weight excluding hydrogens is 1390 g/mol. The van der Waals surface area contributed by atoms with Gasteiger partial charge >= 0.3 is 23.7 Å². The molecule has 2 unspecified atom stereocenters. The number of carbonyl (C=O) groups is 2. The van der Waals surface area contributed by atoms with E-state index in [1.165, 1.54) is 35.4 Å². The van der Waals surface area contributed by atoms with Crippen LogP contribution in [0.3, 0.4) is 0 Å². The van der Waals surface area contributed by atoms with E-state index in [1.807, 2.05) is 123 Å². The van der Waals surface area contributed by atoms with Crippen LogP contribution in [-0.4, -0.2) is 99.3 Å². The van der Waals surface area contributed by atoms with Crippen molar-refractivity contribution in [3.8, 4) is 28.8 Å². The summed E-state index contributed by atoms with van der Waals surface area (Å²) in [5, 5.41) is 19.8. The van der Waals surface area contributed by atoms with Gasteiger partial charge in [-0.25, -0.2) is 28.4 Å². The Kier molecular flexibility index (Phi) is 31.4. The average Bonchev–Trinajstić information content (AvgIpc) is 1.56. The van der Waals surface area contributed by atoms with Gasteiger partial charge in [0.05, 0.1) is 22.9 Å². The van der Waals surface area contributed by atoms with Crippen LogP contribution >= 0.6 is 0 Å². The Morgan fingerprint density at radius 2 is 1.25 bits per heavy atom. The van der Waals surface area contributed by atoms with Crippen LogP contribution in [-0.2, 0) is 82.8 Å². The van der Waals surface area contributed by atoms with Gasteiger partial charge in [-0.05, 0) is 129 Å². The lowest BCUT2D eigenvalue weighted by atomic mass is 9.96. The average molecular weight is 1470 g/mol.